The summed E-state index contributed by atoms with van der Waals surface area (Å²) in [6.45, 7) is 8.33. The van der Waals surface area contributed by atoms with Crippen LogP contribution in [0.3, 0.4) is 0 Å². The van der Waals surface area contributed by atoms with Crippen LogP contribution in [0.25, 0.3) is 0 Å². The number of pyridine rings is 2. The molecular formula is C44H42N8O4S2. The SMILES string of the molecule is CC1(C)CC(=O)C2=C(C1)Nc1nc(SCc3ccc(CSc4nc5c(c(=O)[nH]4)C(c4cccnc4)C4=C(CC(C)(C)CC4=O)N5)cc3)[nH]c(=O)c1C2c1cccnc1. The zero-order valence-electron chi connectivity index (χ0n) is 32.6. The number of aromatic nitrogens is 6. The van der Waals surface area contributed by atoms with Gasteiger partial charge in [0.25, 0.3) is 11.1 Å². The molecule has 0 fully saturated rings. The van der Waals surface area contributed by atoms with Crippen molar-refractivity contribution in [2.24, 2.45) is 10.8 Å². The molecule has 4 aromatic heterocycles. The molecule has 2 aliphatic heterocycles. The van der Waals surface area contributed by atoms with Crippen LogP contribution in [-0.4, -0.2) is 41.5 Å². The molecule has 0 radical (unpaired) electrons. The van der Waals surface area contributed by atoms with Crippen LogP contribution in [0.15, 0.2) is 116 Å². The Bertz CT molecular complexity index is 2490. The number of hydrogen-bond donors (Lipinski definition) is 4. The summed E-state index contributed by atoms with van der Waals surface area (Å²) in [7, 11) is 0. The summed E-state index contributed by atoms with van der Waals surface area (Å²) in [6, 6.07) is 15.6. The van der Waals surface area contributed by atoms with Gasteiger partial charge in [0.2, 0.25) is 0 Å². The molecule has 0 amide bonds. The number of aromatic amines is 2. The predicted octanol–water partition coefficient (Wildman–Crippen LogP) is 7.63. The highest BCUT2D eigenvalue weighted by molar-refractivity contribution is 7.98. The third kappa shape index (κ3) is 7.23. The molecule has 0 saturated carbocycles. The minimum atomic E-state index is -0.543. The number of carbonyl (C=O) groups excluding carboxylic acids is 2. The van der Waals surface area contributed by atoms with Gasteiger partial charge >= 0.3 is 0 Å². The highest BCUT2D eigenvalue weighted by Crippen LogP contribution is 2.49. The van der Waals surface area contributed by atoms with E-state index in [2.05, 4.69) is 58.3 Å². The average Bonchev–Trinajstić information content (AvgIpc) is 3.18. The average molecular weight is 811 g/mol. The van der Waals surface area contributed by atoms with Gasteiger partial charge in [0, 0.05) is 83.5 Å². The summed E-state index contributed by atoms with van der Waals surface area (Å²) in [5, 5.41) is 7.74. The summed E-state index contributed by atoms with van der Waals surface area (Å²) >= 11 is 2.86. The van der Waals surface area contributed by atoms with Crippen LogP contribution in [0.1, 0.15) is 98.6 Å². The minimum Gasteiger partial charge on any atom is -0.343 e. The number of carbonyl (C=O) groups is 2. The van der Waals surface area contributed by atoms with E-state index in [0.29, 0.717) is 81.4 Å². The van der Waals surface area contributed by atoms with Crippen molar-refractivity contribution in [2.75, 3.05) is 10.6 Å². The van der Waals surface area contributed by atoms with Gasteiger partial charge in [0.05, 0.1) is 11.1 Å². The van der Waals surface area contributed by atoms with E-state index in [9.17, 15) is 19.2 Å². The lowest BCUT2D eigenvalue weighted by Gasteiger charge is -2.38. The lowest BCUT2D eigenvalue weighted by atomic mass is 9.69. The van der Waals surface area contributed by atoms with Crippen LogP contribution in [0.2, 0.25) is 0 Å². The van der Waals surface area contributed by atoms with Crippen molar-refractivity contribution in [2.45, 2.75) is 87.0 Å². The quantitative estimate of drug-likeness (QED) is 0.0893. The zero-order chi connectivity index (χ0) is 40.3. The molecule has 0 saturated heterocycles. The van der Waals surface area contributed by atoms with Gasteiger partial charge in [-0.1, -0.05) is 87.6 Å². The van der Waals surface area contributed by atoms with Gasteiger partial charge in [0.1, 0.15) is 11.6 Å². The first-order valence-corrected chi connectivity index (χ1v) is 21.3. The van der Waals surface area contributed by atoms with Crippen LogP contribution >= 0.6 is 23.5 Å². The Labute approximate surface area is 343 Å². The number of H-pyrrole nitrogens is 2. The molecule has 1 aromatic carbocycles. The molecule has 2 atom stereocenters. The Balaban J connectivity index is 0.904. The maximum atomic E-state index is 13.7. The Kier molecular flexibility index (Phi) is 9.59. The molecule has 9 rings (SSSR count). The third-order valence-corrected chi connectivity index (χ3v) is 13.1. The van der Waals surface area contributed by atoms with Gasteiger partial charge in [-0.05, 0) is 58.1 Å². The van der Waals surface area contributed by atoms with Crippen molar-refractivity contribution in [3.05, 3.63) is 150 Å². The number of allylic oxidation sites excluding steroid dienone is 4. The number of anilines is 2. The lowest BCUT2D eigenvalue weighted by Crippen LogP contribution is -2.37. The number of rotatable bonds is 8. The number of Topliss-reactive ketones (excluding diaryl/α,β-unsaturated/α-hetero) is 2. The molecule has 58 heavy (non-hydrogen) atoms. The van der Waals surface area contributed by atoms with Crippen molar-refractivity contribution in [3.63, 3.8) is 0 Å². The fraction of sp³-hybridized carbons (Fsp3) is 0.318. The first kappa shape index (κ1) is 37.9. The number of benzene rings is 1. The van der Waals surface area contributed by atoms with Crippen molar-refractivity contribution in [3.8, 4) is 0 Å². The Morgan fingerprint density at radius 1 is 0.603 bits per heavy atom. The predicted molar refractivity (Wildman–Crippen MR) is 225 cm³/mol. The summed E-state index contributed by atoms with van der Waals surface area (Å²) in [5.74, 6) is 1.08. The summed E-state index contributed by atoms with van der Waals surface area (Å²) in [6.07, 6.45) is 8.97. The lowest BCUT2D eigenvalue weighted by molar-refractivity contribution is -0.119. The van der Waals surface area contributed by atoms with E-state index in [1.165, 1.54) is 23.5 Å². The monoisotopic (exact) mass is 810 g/mol. The first-order chi connectivity index (χ1) is 27.8. The standard InChI is InChI=1S/C44H42N8O4S2/c1-43(2)15-27-33(29(53)17-43)31(25-7-5-13-45-19-25)35-37(47-27)49-41(51-39(35)55)57-21-23-9-11-24(12-10-23)22-58-42-50-38-36(40(56)52-42)32(26-8-6-14-46-20-26)34-28(48-38)16-44(3,4)18-30(34)54/h5-14,19-20,31-32H,15-18,21-22H2,1-4H3,(H2,47,49,51,55)(H2,48,50,52,56). The van der Waals surface area contributed by atoms with Gasteiger partial charge in [-0.2, -0.15) is 0 Å². The van der Waals surface area contributed by atoms with Crippen LogP contribution in [0.4, 0.5) is 11.6 Å². The highest BCUT2D eigenvalue weighted by atomic mass is 32.2. The largest absolute Gasteiger partial charge is 0.343 e. The molecule has 6 heterocycles. The minimum absolute atomic E-state index is 0.0377. The van der Waals surface area contributed by atoms with E-state index >= 15 is 0 Å². The number of nitrogens with zero attached hydrogens (tertiary/aromatic N) is 4. The molecule has 0 bridgehead atoms. The van der Waals surface area contributed by atoms with E-state index < -0.39 is 11.8 Å². The molecule has 2 aliphatic carbocycles. The van der Waals surface area contributed by atoms with E-state index in [1.807, 2.05) is 48.5 Å². The molecule has 4 aliphatic rings. The topological polar surface area (TPSA) is 175 Å². The smallest absolute Gasteiger partial charge is 0.257 e. The molecule has 0 spiro atoms. The molecule has 5 aromatic rings. The van der Waals surface area contributed by atoms with Crippen LogP contribution in [-0.2, 0) is 21.1 Å². The third-order valence-electron chi connectivity index (χ3n) is 11.2. The fourth-order valence-electron chi connectivity index (χ4n) is 8.72. The second-order valence-corrected chi connectivity index (χ2v) is 18.9. The van der Waals surface area contributed by atoms with Gasteiger partial charge in [-0.3, -0.25) is 29.1 Å². The van der Waals surface area contributed by atoms with Crippen LogP contribution < -0.4 is 21.8 Å². The van der Waals surface area contributed by atoms with E-state index in [0.717, 1.165) is 33.6 Å². The maximum Gasteiger partial charge on any atom is 0.257 e. The molecular weight excluding hydrogens is 769 g/mol. The van der Waals surface area contributed by atoms with Crippen molar-refractivity contribution >= 4 is 46.7 Å². The number of ketones is 2. The van der Waals surface area contributed by atoms with Gasteiger partial charge in [-0.15, -0.1) is 0 Å². The van der Waals surface area contributed by atoms with Gasteiger partial charge in [-0.25, -0.2) is 9.97 Å². The first-order valence-electron chi connectivity index (χ1n) is 19.3. The molecule has 4 N–H and O–H groups in total. The van der Waals surface area contributed by atoms with E-state index in [1.54, 1.807) is 24.8 Å². The van der Waals surface area contributed by atoms with Crippen molar-refractivity contribution in [1.82, 2.24) is 29.9 Å². The van der Waals surface area contributed by atoms with Crippen LogP contribution in [0.5, 0.6) is 0 Å². The van der Waals surface area contributed by atoms with Gasteiger partial charge < -0.3 is 20.6 Å². The van der Waals surface area contributed by atoms with E-state index in [4.69, 9.17) is 9.97 Å². The van der Waals surface area contributed by atoms with Crippen LogP contribution in [0, 0.1) is 10.8 Å². The summed E-state index contributed by atoms with van der Waals surface area (Å²) in [5.41, 5.74) is 6.43. The molecule has 12 nitrogen and oxygen atoms in total. The van der Waals surface area contributed by atoms with Crippen molar-refractivity contribution < 1.29 is 9.59 Å². The summed E-state index contributed by atoms with van der Waals surface area (Å²) < 4.78 is 0. The second kappa shape index (κ2) is 14.7. The summed E-state index contributed by atoms with van der Waals surface area (Å²) in [4.78, 5) is 78.8. The number of thioether (sulfide) groups is 2. The van der Waals surface area contributed by atoms with Crippen molar-refractivity contribution in [1.29, 1.82) is 0 Å². The maximum absolute atomic E-state index is 13.7. The normalized spacial score (nSPS) is 20.3. The number of hydrogen-bond acceptors (Lipinski definition) is 12. The highest BCUT2D eigenvalue weighted by Gasteiger charge is 2.44. The second-order valence-electron chi connectivity index (χ2n) is 17.0. The zero-order valence-corrected chi connectivity index (χ0v) is 34.2. The number of fused-ring (bicyclic) bond motifs is 2. The Hall–Kier alpha value is -5.60. The molecule has 14 heteroatoms. The molecule has 2 unspecified atom stereocenters. The van der Waals surface area contributed by atoms with E-state index in [-0.39, 0.29) is 33.5 Å². The number of nitrogens with one attached hydrogen (secondary N) is 4. The van der Waals surface area contributed by atoms with Gasteiger partial charge in [0.15, 0.2) is 21.9 Å². The Morgan fingerprint density at radius 2 is 1.02 bits per heavy atom. The Morgan fingerprint density at radius 3 is 1.40 bits per heavy atom. The fourth-order valence-corrected chi connectivity index (χ4v) is 10.4. The molecule has 294 valence electrons.